The number of carbonyl (C=O) groups excluding carboxylic acids is 1. The Bertz CT molecular complexity index is 837. The fraction of sp³-hybridized carbons (Fsp3) is 0.500. The zero-order chi connectivity index (χ0) is 22.7. The molecule has 2 rings (SSSR count). The summed E-state index contributed by atoms with van der Waals surface area (Å²) >= 11 is 0. The normalized spacial score (nSPS) is 22.2. The Kier molecular flexibility index (Phi) is 4.44. The summed E-state index contributed by atoms with van der Waals surface area (Å²) in [5.74, 6) is -2.89. The largest absolute Gasteiger partial charge is 0.480 e. The number of likely N-dealkylation sites (tertiary alicyclic amines) is 1. The van der Waals surface area contributed by atoms with Gasteiger partial charge in [-0.2, -0.15) is 0 Å². The molecular formula is C18H24N2O5. The Morgan fingerprint density at radius 2 is 2.00 bits per heavy atom. The summed E-state index contributed by atoms with van der Waals surface area (Å²) in [5.41, 5.74) is -0.00138. The number of hydrogen-bond acceptors (Lipinski definition) is 4. The zero-order valence-electron chi connectivity index (χ0n) is 18.8. The van der Waals surface area contributed by atoms with Crippen molar-refractivity contribution in [2.75, 3.05) is 6.54 Å². The van der Waals surface area contributed by atoms with Crippen LogP contribution in [0.2, 0.25) is 0 Å². The van der Waals surface area contributed by atoms with E-state index in [4.69, 9.17) is 6.85 Å². The molecule has 136 valence electrons. The Morgan fingerprint density at radius 3 is 2.60 bits per heavy atom. The predicted octanol–water partition coefficient (Wildman–Crippen LogP) is 1.13. The van der Waals surface area contributed by atoms with Crippen molar-refractivity contribution in [3.05, 3.63) is 35.8 Å². The fourth-order valence-corrected chi connectivity index (χ4v) is 2.88. The van der Waals surface area contributed by atoms with E-state index in [-0.39, 0.29) is 24.9 Å². The lowest BCUT2D eigenvalue weighted by atomic mass is 10.0. The molecule has 1 aliphatic rings. The summed E-state index contributed by atoms with van der Waals surface area (Å²) in [5, 5.41) is 21.4. The fourth-order valence-electron chi connectivity index (χ4n) is 2.88. The van der Waals surface area contributed by atoms with Crippen LogP contribution in [0.4, 0.5) is 0 Å². The van der Waals surface area contributed by atoms with E-state index < -0.39 is 66.2 Å². The number of carboxylic acids is 2. The quantitative estimate of drug-likeness (QED) is 0.647. The van der Waals surface area contributed by atoms with Gasteiger partial charge >= 0.3 is 11.9 Å². The molecule has 1 saturated heterocycles. The maximum absolute atomic E-state index is 12.6. The first-order chi connectivity index (χ1) is 14.0. The van der Waals surface area contributed by atoms with Gasteiger partial charge in [-0.25, -0.2) is 4.79 Å². The number of nitrogens with one attached hydrogen (secondary N) is 1. The van der Waals surface area contributed by atoms with Gasteiger partial charge in [-0.1, -0.05) is 30.2 Å². The molecule has 0 aromatic heterocycles. The van der Waals surface area contributed by atoms with Gasteiger partial charge in [0.25, 0.3) is 0 Å². The van der Waals surface area contributed by atoms with Crippen LogP contribution in [0.5, 0.6) is 0 Å². The maximum atomic E-state index is 12.6. The van der Waals surface area contributed by atoms with Crippen LogP contribution in [-0.2, 0) is 20.8 Å². The van der Waals surface area contributed by atoms with E-state index in [0.29, 0.717) is 12.8 Å². The third-order valence-corrected chi connectivity index (χ3v) is 4.18. The second kappa shape index (κ2) is 8.62. The van der Waals surface area contributed by atoms with Crippen LogP contribution in [0.1, 0.15) is 38.6 Å². The molecule has 0 radical (unpaired) electrons. The number of carbonyl (C=O) groups is 3. The minimum atomic E-state index is -1.27. The second-order valence-electron chi connectivity index (χ2n) is 5.95. The molecule has 3 unspecified atom stereocenters. The van der Waals surface area contributed by atoms with E-state index in [0.717, 1.165) is 0 Å². The van der Waals surface area contributed by atoms with E-state index in [1.165, 1.54) is 11.8 Å². The lowest BCUT2D eigenvalue weighted by Gasteiger charge is -2.27. The topological polar surface area (TPSA) is 107 Å². The molecule has 0 spiro atoms. The van der Waals surface area contributed by atoms with E-state index in [9.17, 15) is 24.6 Å². The minimum Gasteiger partial charge on any atom is -0.480 e. The molecule has 0 aliphatic carbocycles. The molecule has 1 heterocycles. The third-order valence-electron chi connectivity index (χ3n) is 4.18. The first-order valence-corrected chi connectivity index (χ1v) is 8.05. The monoisotopic (exact) mass is 353 g/mol. The molecule has 1 aliphatic heterocycles. The van der Waals surface area contributed by atoms with Crippen molar-refractivity contribution in [1.82, 2.24) is 10.2 Å². The molecule has 0 saturated carbocycles. The van der Waals surface area contributed by atoms with Gasteiger partial charge in [-0.05, 0) is 38.2 Å². The molecule has 25 heavy (non-hydrogen) atoms. The second-order valence-corrected chi connectivity index (χ2v) is 5.95. The van der Waals surface area contributed by atoms with Crippen molar-refractivity contribution < 1.29 is 31.5 Å². The molecule has 3 atom stereocenters. The number of nitrogens with zero attached hydrogens (tertiary/aromatic N) is 1. The highest BCUT2D eigenvalue weighted by Crippen LogP contribution is 2.18. The van der Waals surface area contributed by atoms with Crippen molar-refractivity contribution in [3.63, 3.8) is 0 Å². The van der Waals surface area contributed by atoms with Crippen LogP contribution < -0.4 is 5.32 Å². The molecule has 0 bridgehead atoms. The number of hydrogen-bond donors (Lipinski definition) is 3. The minimum absolute atomic E-state index is 0.00138. The average Bonchev–Trinajstić information content (AvgIpc) is 3.19. The lowest BCUT2D eigenvalue weighted by molar-refractivity contribution is -0.149. The van der Waals surface area contributed by atoms with Crippen molar-refractivity contribution in [1.29, 1.82) is 0 Å². The standard InChI is InChI=1S/C18H24N2O5/c1-12(16(21)20-11-5-8-15(20)18(24)25)19-14(17(22)23)10-9-13-6-3-2-4-7-13/h2-4,6-7,12,14-15,19H,5,8-11H2,1H3,(H,22,23)(H,24,25)/i2D,3D,4D,6D,7D. The Labute approximate surface area is 153 Å². The SMILES string of the molecule is [2H]c1c([2H])c([2H])c(CCC(NC(C)C(=O)N2CCCC2C(=O)O)C(=O)O)c([2H])c1[2H]. The van der Waals surface area contributed by atoms with Crippen LogP contribution in [0.15, 0.2) is 30.2 Å². The Balaban J connectivity index is 2.12. The van der Waals surface area contributed by atoms with E-state index in [1.54, 1.807) is 0 Å². The van der Waals surface area contributed by atoms with Crippen molar-refractivity contribution in [2.24, 2.45) is 0 Å². The Morgan fingerprint density at radius 1 is 1.32 bits per heavy atom. The molecule has 1 amide bonds. The number of carboxylic acid groups (broad SMARTS) is 2. The third kappa shape index (κ3) is 5.03. The summed E-state index contributed by atoms with van der Waals surface area (Å²) in [7, 11) is 0. The summed E-state index contributed by atoms with van der Waals surface area (Å²) < 4.78 is 38.8. The average molecular weight is 353 g/mol. The Hall–Kier alpha value is -2.41. The summed E-state index contributed by atoms with van der Waals surface area (Å²) in [4.78, 5) is 36.8. The van der Waals surface area contributed by atoms with E-state index in [1.807, 2.05) is 0 Å². The maximum Gasteiger partial charge on any atom is 0.326 e. The van der Waals surface area contributed by atoms with Crippen molar-refractivity contribution in [3.8, 4) is 0 Å². The van der Waals surface area contributed by atoms with Crippen LogP contribution in [0.25, 0.3) is 0 Å². The molecule has 1 aromatic rings. The molecule has 1 aromatic carbocycles. The number of rotatable bonds is 8. The summed E-state index contributed by atoms with van der Waals surface area (Å²) in [6.45, 7) is 1.72. The molecule has 3 N–H and O–H groups in total. The van der Waals surface area contributed by atoms with Gasteiger partial charge in [0.1, 0.15) is 12.1 Å². The molecular weight excluding hydrogens is 324 g/mol. The van der Waals surface area contributed by atoms with E-state index in [2.05, 4.69) is 5.32 Å². The van der Waals surface area contributed by atoms with Gasteiger partial charge in [-0.3, -0.25) is 14.9 Å². The lowest BCUT2D eigenvalue weighted by Crippen LogP contribution is -2.53. The van der Waals surface area contributed by atoms with Crippen molar-refractivity contribution in [2.45, 2.75) is 50.7 Å². The first-order valence-electron chi connectivity index (χ1n) is 10.5. The van der Waals surface area contributed by atoms with E-state index >= 15 is 0 Å². The van der Waals surface area contributed by atoms with Crippen LogP contribution in [0.3, 0.4) is 0 Å². The van der Waals surface area contributed by atoms with Crippen LogP contribution in [0, 0.1) is 0 Å². The highest BCUT2D eigenvalue weighted by molar-refractivity contribution is 5.88. The summed E-state index contributed by atoms with van der Waals surface area (Å²) in [6.07, 6.45) is 0.657. The smallest absolute Gasteiger partial charge is 0.326 e. The molecule has 7 heteroatoms. The van der Waals surface area contributed by atoms with Gasteiger partial charge < -0.3 is 15.1 Å². The van der Waals surface area contributed by atoms with Crippen LogP contribution >= 0.6 is 0 Å². The predicted molar refractivity (Wildman–Crippen MR) is 91.2 cm³/mol. The number of aliphatic carboxylic acids is 2. The summed E-state index contributed by atoms with van der Waals surface area (Å²) in [6, 6.07) is -5.44. The molecule has 7 nitrogen and oxygen atoms in total. The highest BCUT2D eigenvalue weighted by atomic mass is 16.4. The highest BCUT2D eigenvalue weighted by Gasteiger charge is 2.36. The zero-order valence-corrected chi connectivity index (χ0v) is 13.8. The van der Waals surface area contributed by atoms with Gasteiger partial charge in [-0.15, -0.1) is 0 Å². The number of amides is 1. The first kappa shape index (κ1) is 12.9. The van der Waals surface area contributed by atoms with Crippen LogP contribution in [-0.4, -0.2) is 57.6 Å². The van der Waals surface area contributed by atoms with Gasteiger partial charge in [0, 0.05) is 6.54 Å². The van der Waals surface area contributed by atoms with Gasteiger partial charge in [0.2, 0.25) is 5.91 Å². The molecule has 1 fully saturated rings. The van der Waals surface area contributed by atoms with Gasteiger partial charge in [0.05, 0.1) is 12.9 Å². The van der Waals surface area contributed by atoms with Crippen molar-refractivity contribution >= 4 is 17.8 Å². The number of benzene rings is 1. The van der Waals surface area contributed by atoms with Gasteiger partial charge in [0.15, 0.2) is 0 Å².